The molecule has 4 aromatic carbocycles. The van der Waals surface area contributed by atoms with Gasteiger partial charge in [-0.25, -0.2) is 4.79 Å². The third-order valence-corrected chi connectivity index (χ3v) is 6.70. The number of carbonyl (C=O) groups excluding carboxylic acids is 4. The van der Waals surface area contributed by atoms with Crippen LogP contribution in [0.3, 0.4) is 0 Å². The minimum absolute atomic E-state index is 0.204. The molecule has 0 spiro atoms. The van der Waals surface area contributed by atoms with Crippen LogP contribution in [0.4, 0.5) is 0 Å². The van der Waals surface area contributed by atoms with Crippen molar-refractivity contribution in [2.24, 2.45) is 0 Å². The Labute approximate surface area is 278 Å². The predicted molar refractivity (Wildman–Crippen MR) is 186 cm³/mol. The van der Waals surface area contributed by atoms with E-state index in [0.29, 0.717) is 22.3 Å². The van der Waals surface area contributed by atoms with E-state index in [1.807, 2.05) is 62.4 Å². The zero-order valence-electron chi connectivity index (χ0n) is 26.3. The van der Waals surface area contributed by atoms with Gasteiger partial charge in [0.1, 0.15) is 0 Å². The molecule has 0 aliphatic heterocycles. The number of hydrogen-bond acceptors (Lipinski definition) is 7. The maximum Gasteiger partial charge on any atom is 0.328 e. The predicted octanol–water partition coefficient (Wildman–Crippen LogP) is 6.99. The number of carboxylic acid groups (broad SMARTS) is 1. The van der Waals surface area contributed by atoms with E-state index in [1.54, 1.807) is 48.5 Å². The van der Waals surface area contributed by atoms with Crippen molar-refractivity contribution in [3.8, 4) is 0 Å². The second kappa shape index (κ2) is 18.2. The van der Waals surface area contributed by atoms with Gasteiger partial charge in [0.05, 0.1) is 0 Å². The summed E-state index contributed by atoms with van der Waals surface area (Å²) in [5, 5.41) is 26.1. The smallest absolute Gasteiger partial charge is 0.328 e. The fraction of sp³-hybridized carbons (Fsp3) is 0.0750. The van der Waals surface area contributed by atoms with Crippen LogP contribution in [-0.4, -0.2) is 50.7 Å². The molecule has 0 radical (unpaired) electrons. The van der Waals surface area contributed by atoms with Crippen LogP contribution in [0, 0.1) is 0 Å². The second-order valence-electron chi connectivity index (χ2n) is 10.2. The van der Waals surface area contributed by atoms with E-state index >= 15 is 0 Å². The highest BCUT2D eigenvalue weighted by atomic mass is 16.5. The molecule has 0 heterocycles. The third kappa shape index (κ3) is 11.1. The fourth-order valence-electron chi connectivity index (χ4n) is 4.26. The maximum atomic E-state index is 12.3. The molecule has 0 aliphatic rings. The molecule has 0 unspecified atom stereocenters. The molecule has 242 valence electrons. The van der Waals surface area contributed by atoms with Gasteiger partial charge in [0.15, 0.2) is 6.29 Å². The summed E-state index contributed by atoms with van der Waals surface area (Å²) in [6.07, 6.45) is 11.2. The highest BCUT2D eigenvalue weighted by molar-refractivity contribution is 6.49. The van der Waals surface area contributed by atoms with Crippen molar-refractivity contribution < 1.29 is 39.3 Å². The molecule has 0 bridgehead atoms. The summed E-state index contributed by atoms with van der Waals surface area (Å²) in [4.78, 5) is 59.5. The van der Waals surface area contributed by atoms with Crippen LogP contribution in [-0.2, 0) is 4.79 Å². The lowest BCUT2D eigenvalue weighted by Crippen LogP contribution is -2.14. The van der Waals surface area contributed by atoms with E-state index in [-0.39, 0.29) is 11.1 Å². The summed E-state index contributed by atoms with van der Waals surface area (Å²) in [6, 6.07) is 26.2. The normalized spacial score (nSPS) is 11.3. The monoisotopic (exact) mass is 642 g/mol. The first-order chi connectivity index (χ1) is 23.0. The first-order valence-electron chi connectivity index (χ1n) is 14.8. The molecule has 0 saturated carbocycles. The standard InChI is InChI=1S/C20H16O6.C20H18O2/c21-17(22)11-5-13-1-7-15(8-2-13)19(25)20(26)16-9-3-14(4-10-16)6-12-18(23)24;1-3-5-15-7-11-17(12-8-15)19(21)20(22)18-13-9-16(6-4-2)10-14-18/h1-12,17,21-22H,(H,23,24);3-14H,1-2H3/b11-5+,12-6+;5-3+,6-4+. The van der Waals surface area contributed by atoms with Crippen molar-refractivity contribution in [3.63, 3.8) is 0 Å². The molecule has 0 aromatic heterocycles. The van der Waals surface area contributed by atoms with Crippen LogP contribution < -0.4 is 0 Å². The lowest BCUT2D eigenvalue weighted by molar-refractivity contribution is -0.131. The fourth-order valence-corrected chi connectivity index (χ4v) is 4.26. The van der Waals surface area contributed by atoms with Crippen LogP contribution in [0.5, 0.6) is 0 Å². The Bertz CT molecular complexity index is 1790. The van der Waals surface area contributed by atoms with Crippen LogP contribution in [0.25, 0.3) is 24.3 Å². The number of aliphatic hydroxyl groups is 2. The molecule has 4 aromatic rings. The van der Waals surface area contributed by atoms with Crippen molar-refractivity contribution in [2.45, 2.75) is 20.1 Å². The average Bonchev–Trinajstić information content (AvgIpc) is 3.10. The van der Waals surface area contributed by atoms with Crippen molar-refractivity contribution in [3.05, 3.63) is 166 Å². The number of carboxylic acids is 1. The van der Waals surface area contributed by atoms with E-state index < -0.39 is 35.4 Å². The number of carbonyl (C=O) groups is 5. The molecule has 0 fully saturated rings. The van der Waals surface area contributed by atoms with Gasteiger partial charge in [-0.1, -0.05) is 127 Å². The lowest BCUT2D eigenvalue weighted by atomic mass is 9.99. The molecule has 48 heavy (non-hydrogen) atoms. The molecule has 8 nitrogen and oxygen atoms in total. The third-order valence-electron chi connectivity index (χ3n) is 6.70. The van der Waals surface area contributed by atoms with Gasteiger partial charge in [0, 0.05) is 28.3 Å². The van der Waals surface area contributed by atoms with Crippen LogP contribution in [0.1, 0.15) is 77.5 Å². The maximum absolute atomic E-state index is 12.3. The zero-order chi connectivity index (χ0) is 35.1. The molecular formula is C40H34O8. The van der Waals surface area contributed by atoms with Gasteiger partial charge in [-0.15, -0.1) is 0 Å². The quantitative estimate of drug-likeness (QED) is 0.0649. The Morgan fingerprint density at radius 1 is 0.458 bits per heavy atom. The Kier molecular flexibility index (Phi) is 13.8. The minimum Gasteiger partial charge on any atom is -0.478 e. The van der Waals surface area contributed by atoms with E-state index in [1.165, 1.54) is 42.5 Å². The number of allylic oxidation sites excluding steroid dienone is 2. The molecule has 8 heteroatoms. The first kappa shape index (κ1) is 36.4. The molecule has 0 aliphatic carbocycles. The largest absolute Gasteiger partial charge is 0.478 e. The first-order valence-corrected chi connectivity index (χ1v) is 14.8. The Morgan fingerprint density at radius 2 is 0.729 bits per heavy atom. The van der Waals surface area contributed by atoms with Crippen LogP contribution in [0.2, 0.25) is 0 Å². The zero-order valence-corrected chi connectivity index (χ0v) is 26.3. The molecule has 4 rings (SSSR count). The van der Waals surface area contributed by atoms with Crippen molar-refractivity contribution >= 4 is 53.4 Å². The van der Waals surface area contributed by atoms with Gasteiger partial charge in [0.2, 0.25) is 23.1 Å². The van der Waals surface area contributed by atoms with Gasteiger partial charge in [0.25, 0.3) is 0 Å². The second-order valence-corrected chi connectivity index (χ2v) is 10.2. The SMILES string of the molecule is C/C=C/c1ccc(C(=O)C(=O)c2ccc(/C=C/C)cc2)cc1.O=C(O)/C=C/c1ccc(C(=O)C(=O)c2ccc(/C=C/C(O)O)cc2)cc1. The number of aliphatic carboxylic acids is 1. The van der Waals surface area contributed by atoms with Gasteiger partial charge in [-0.05, 0) is 48.3 Å². The number of Topliss-reactive ketones (excluding diaryl/α,β-unsaturated/α-hetero) is 4. The summed E-state index contributed by atoms with van der Waals surface area (Å²) in [6.45, 7) is 3.86. The number of ketones is 4. The summed E-state index contributed by atoms with van der Waals surface area (Å²) in [5.74, 6) is -3.38. The Morgan fingerprint density at radius 3 is 0.979 bits per heavy atom. The van der Waals surface area contributed by atoms with E-state index in [2.05, 4.69) is 0 Å². The number of hydrogen-bond donors (Lipinski definition) is 3. The molecule has 3 N–H and O–H groups in total. The number of benzene rings is 4. The Balaban J connectivity index is 0.000000264. The van der Waals surface area contributed by atoms with Crippen LogP contribution >= 0.6 is 0 Å². The van der Waals surface area contributed by atoms with E-state index in [4.69, 9.17) is 15.3 Å². The number of aliphatic hydroxyl groups excluding tert-OH is 1. The van der Waals surface area contributed by atoms with Crippen molar-refractivity contribution in [1.82, 2.24) is 0 Å². The van der Waals surface area contributed by atoms with Crippen molar-refractivity contribution in [1.29, 1.82) is 0 Å². The molecule has 0 amide bonds. The van der Waals surface area contributed by atoms with Gasteiger partial charge in [-0.2, -0.15) is 0 Å². The lowest BCUT2D eigenvalue weighted by Gasteiger charge is -2.03. The summed E-state index contributed by atoms with van der Waals surface area (Å²) >= 11 is 0. The van der Waals surface area contributed by atoms with Gasteiger partial charge >= 0.3 is 5.97 Å². The molecule has 0 saturated heterocycles. The summed E-state index contributed by atoms with van der Waals surface area (Å²) in [7, 11) is 0. The minimum atomic E-state index is -1.56. The van der Waals surface area contributed by atoms with E-state index in [9.17, 15) is 24.0 Å². The van der Waals surface area contributed by atoms with Gasteiger partial charge in [-0.3, -0.25) is 19.2 Å². The van der Waals surface area contributed by atoms with Crippen molar-refractivity contribution in [2.75, 3.05) is 0 Å². The summed E-state index contributed by atoms with van der Waals surface area (Å²) < 4.78 is 0. The van der Waals surface area contributed by atoms with Gasteiger partial charge < -0.3 is 15.3 Å². The highest BCUT2D eigenvalue weighted by Gasteiger charge is 2.19. The number of rotatable bonds is 12. The van der Waals surface area contributed by atoms with Crippen LogP contribution in [0.15, 0.2) is 121 Å². The average molecular weight is 643 g/mol. The molecule has 0 atom stereocenters. The highest BCUT2D eigenvalue weighted by Crippen LogP contribution is 2.14. The topological polar surface area (TPSA) is 146 Å². The summed E-state index contributed by atoms with van der Waals surface area (Å²) in [5.41, 5.74) is 4.49. The van der Waals surface area contributed by atoms with E-state index in [0.717, 1.165) is 17.2 Å². The molecular weight excluding hydrogens is 608 g/mol. The Hall–Kier alpha value is -6.09.